The number of carbonyl (C=O) groups excluding carboxylic acids is 1. The number of thioether (sulfide) groups is 1. The zero-order chi connectivity index (χ0) is 22.8. The van der Waals surface area contributed by atoms with Crippen LogP contribution in [0.1, 0.15) is 17.2 Å². The summed E-state index contributed by atoms with van der Waals surface area (Å²) in [6.07, 6.45) is 0. The third kappa shape index (κ3) is 4.12. The molecule has 0 radical (unpaired) electrons. The zero-order valence-corrected chi connectivity index (χ0v) is 19.3. The Hall–Kier alpha value is -3.58. The van der Waals surface area contributed by atoms with Crippen LogP contribution in [0.3, 0.4) is 0 Å². The van der Waals surface area contributed by atoms with Gasteiger partial charge in [0.1, 0.15) is 12.4 Å². The van der Waals surface area contributed by atoms with E-state index in [-0.39, 0.29) is 17.7 Å². The molecule has 5 rings (SSSR count). The molecule has 6 nitrogen and oxygen atoms in total. The van der Waals surface area contributed by atoms with Gasteiger partial charge in [-0.3, -0.25) is 9.69 Å². The molecule has 1 aliphatic rings. The van der Waals surface area contributed by atoms with E-state index in [1.807, 2.05) is 89.3 Å². The lowest BCUT2D eigenvalue weighted by atomic mass is 10.0. The van der Waals surface area contributed by atoms with Crippen LogP contribution in [0.5, 0.6) is 5.75 Å². The van der Waals surface area contributed by atoms with Gasteiger partial charge in [-0.25, -0.2) is 0 Å². The molecular formula is C26H24N4O2S. The van der Waals surface area contributed by atoms with Crippen LogP contribution in [0.2, 0.25) is 0 Å². The van der Waals surface area contributed by atoms with Gasteiger partial charge in [0.25, 0.3) is 0 Å². The number of rotatable bonds is 5. The molecule has 166 valence electrons. The van der Waals surface area contributed by atoms with E-state index in [1.54, 1.807) is 0 Å². The molecule has 0 fully saturated rings. The predicted octanol–water partition coefficient (Wildman–Crippen LogP) is 5.05. The van der Waals surface area contributed by atoms with Crippen molar-refractivity contribution in [1.29, 1.82) is 0 Å². The van der Waals surface area contributed by atoms with Crippen molar-refractivity contribution in [2.24, 2.45) is 7.05 Å². The van der Waals surface area contributed by atoms with Gasteiger partial charge in [0.2, 0.25) is 5.91 Å². The lowest BCUT2D eigenvalue weighted by Gasteiger charge is -2.37. The van der Waals surface area contributed by atoms with Crippen molar-refractivity contribution in [1.82, 2.24) is 14.8 Å². The number of amides is 1. The average molecular weight is 457 g/mol. The van der Waals surface area contributed by atoms with Crippen molar-refractivity contribution in [3.8, 4) is 17.1 Å². The van der Waals surface area contributed by atoms with E-state index >= 15 is 0 Å². The first-order valence-corrected chi connectivity index (χ1v) is 11.8. The number of anilines is 1. The van der Waals surface area contributed by atoms with Crippen LogP contribution >= 0.6 is 11.8 Å². The second-order valence-electron chi connectivity index (χ2n) is 7.94. The van der Waals surface area contributed by atoms with Gasteiger partial charge in [-0.05, 0) is 30.2 Å². The number of para-hydroxylation sites is 2. The summed E-state index contributed by atoms with van der Waals surface area (Å²) in [7, 11) is 1.94. The van der Waals surface area contributed by atoms with Gasteiger partial charge < -0.3 is 9.30 Å². The molecule has 0 spiro atoms. The standard InChI is InChI=1S/C26H24N4O2S/c1-18-10-6-7-13-20(18)25-27-28-26(29(25)2)33-17-24(31)30-21-14-8-9-15-23(21)32-16-22(30)19-11-4-3-5-12-19/h3-15,22H,16-17H2,1-2H3/t22-/m0/s1. The summed E-state index contributed by atoms with van der Waals surface area (Å²) < 4.78 is 7.94. The molecule has 7 heteroatoms. The molecule has 4 aromatic rings. The lowest BCUT2D eigenvalue weighted by molar-refractivity contribution is -0.117. The van der Waals surface area contributed by atoms with E-state index in [9.17, 15) is 4.79 Å². The smallest absolute Gasteiger partial charge is 0.238 e. The molecule has 0 saturated heterocycles. The largest absolute Gasteiger partial charge is 0.489 e. The van der Waals surface area contributed by atoms with Crippen molar-refractivity contribution < 1.29 is 9.53 Å². The first-order chi connectivity index (χ1) is 16.1. The van der Waals surface area contributed by atoms with Gasteiger partial charge in [-0.1, -0.05) is 78.5 Å². The minimum absolute atomic E-state index is 0.00467. The molecule has 0 bridgehead atoms. The fourth-order valence-electron chi connectivity index (χ4n) is 4.11. The van der Waals surface area contributed by atoms with Gasteiger partial charge in [0.15, 0.2) is 11.0 Å². The van der Waals surface area contributed by atoms with Gasteiger partial charge in [-0.15, -0.1) is 10.2 Å². The number of nitrogens with zero attached hydrogens (tertiary/aromatic N) is 4. The molecule has 1 amide bonds. The molecule has 1 aliphatic heterocycles. The Labute approximate surface area is 197 Å². The maximum atomic E-state index is 13.6. The fourth-order valence-corrected chi connectivity index (χ4v) is 4.88. The highest BCUT2D eigenvalue weighted by atomic mass is 32.2. The van der Waals surface area contributed by atoms with E-state index in [0.29, 0.717) is 11.8 Å². The van der Waals surface area contributed by atoms with Gasteiger partial charge in [0, 0.05) is 12.6 Å². The summed E-state index contributed by atoms with van der Waals surface area (Å²) in [6.45, 7) is 2.47. The Balaban J connectivity index is 1.40. The number of carbonyl (C=O) groups is 1. The summed E-state index contributed by atoms with van der Waals surface area (Å²) in [4.78, 5) is 15.4. The average Bonchev–Trinajstić information content (AvgIpc) is 3.22. The maximum absolute atomic E-state index is 13.6. The van der Waals surface area contributed by atoms with Crippen molar-refractivity contribution in [3.63, 3.8) is 0 Å². The Morgan fingerprint density at radius 3 is 2.55 bits per heavy atom. The number of hydrogen-bond acceptors (Lipinski definition) is 5. The molecule has 2 heterocycles. The van der Waals surface area contributed by atoms with Crippen LogP contribution in [0.15, 0.2) is 84.0 Å². The van der Waals surface area contributed by atoms with Gasteiger partial charge in [0.05, 0.1) is 17.5 Å². The normalized spacial score (nSPS) is 15.1. The summed E-state index contributed by atoms with van der Waals surface area (Å²) in [5, 5.41) is 9.44. The second kappa shape index (κ2) is 9.11. The Morgan fingerprint density at radius 2 is 1.73 bits per heavy atom. The highest BCUT2D eigenvalue weighted by molar-refractivity contribution is 7.99. The monoisotopic (exact) mass is 456 g/mol. The number of ether oxygens (including phenoxy) is 1. The first kappa shape index (κ1) is 21.3. The van der Waals surface area contributed by atoms with E-state index in [0.717, 1.165) is 34.0 Å². The third-order valence-corrected chi connectivity index (χ3v) is 6.84. The number of aryl methyl sites for hydroxylation is 1. The summed E-state index contributed by atoms with van der Waals surface area (Å²) in [5.74, 6) is 1.77. The minimum atomic E-state index is -0.184. The Kier molecular flexibility index (Phi) is 5.88. The SMILES string of the molecule is Cc1ccccc1-c1nnc(SCC(=O)N2c3ccccc3OC[C@H]2c2ccccc2)n1C. The highest BCUT2D eigenvalue weighted by Crippen LogP contribution is 2.40. The third-order valence-electron chi connectivity index (χ3n) is 5.83. The number of aromatic nitrogens is 3. The number of hydrogen-bond donors (Lipinski definition) is 0. The number of benzene rings is 3. The highest BCUT2D eigenvalue weighted by Gasteiger charge is 2.33. The molecule has 33 heavy (non-hydrogen) atoms. The van der Waals surface area contributed by atoms with Crippen LogP contribution in [0, 0.1) is 6.92 Å². The predicted molar refractivity (Wildman–Crippen MR) is 131 cm³/mol. The Morgan fingerprint density at radius 1 is 1.00 bits per heavy atom. The first-order valence-electron chi connectivity index (χ1n) is 10.8. The van der Waals surface area contributed by atoms with Crippen molar-refractivity contribution in [2.75, 3.05) is 17.3 Å². The van der Waals surface area contributed by atoms with Crippen molar-refractivity contribution in [3.05, 3.63) is 90.0 Å². The molecule has 0 aliphatic carbocycles. The van der Waals surface area contributed by atoms with E-state index < -0.39 is 0 Å². The van der Waals surface area contributed by atoms with Crippen molar-refractivity contribution in [2.45, 2.75) is 18.1 Å². The van der Waals surface area contributed by atoms with Crippen LogP contribution in [-0.4, -0.2) is 33.0 Å². The van der Waals surface area contributed by atoms with Crippen LogP contribution in [-0.2, 0) is 11.8 Å². The molecule has 0 unspecified atom stereocenters. The molecule has 0 N–H and O–H groups in total. The van der Waals surface area contributed by atoms with E-state index in [1.165, 1.54) is 11.8 Å². The maximum Gasteiger partial charge on any atom is 0.238 e. The summed E-state index contributed by atoms with van der Waals surface area (Å²) in [5.41, 5.74) is 4.01. The van der Waals surface area contributed by atoms with Crippen LogP contribution in [0.25, 0.3) is 11.4 Å². The molecule has 1 atom stereocenters. The molecule has 1 aromatic heterocycles. The topological polar surface area (TPSA) is 60.3 Å². The van der Waals surface area contributed by atoms with Crippen LogP contribution < -0.4 is 9.64 Å². The molecule has 0 saturated carbocycles. The lowest BCUT2D eigenvalue weighted by Crippen LogP contribution is -2.42. The summed E-state index contributed by atoms with van der Waals surface area (Å²) in [6, 6.07) is 25.6. The van der Waals surface area contributed by atoms with E-state index in [4.69, 9.17) is 4.74 Å². The quantitative estimate of drug-likeness (QED) is 0.393. The van der Waals surface area contributed by atoms with Crippen LogP contribution in [0.4, 0.5) is 5.69 Å². The van der Waals surface area contributed by atoms with E-state index in [2.05, 4.69) is 23.2 Å². The second-order valence-corrected chi connectivity index (χ2v) is 8.88. The summed E-state index contributed by atoms with van der Waals surface area (Å²) >= 11 is 1.40. The number of fused-ring (bicyclic) bond motifs is 1. The zero-order valence-electron chi connectivity index (χ0n) is 18.5. The molecular weight excluding hydrogens is 432 g/mol. The minimum Gasteiger partial charge on any atom is -0.489 e. The Bertz CT molecular complexity index is 1290. The van der Waals surface area contributed by atoms with Crippen molar-refractivity contribution >= 4 is 23.4 Å². The van der Waals surface area contributed by atoms with Gasteiger partial charge >= 0.3 is 0 Å². The fraction of sp³-hybridized carbons (Fsp3) is 0.192. The van der Waals surface area contributed by atoms with Gasteiger partial charge in [-0.2, -0.15) is 0 Å². The molecule has 3 aromatic carbocycles.